The van der Waals surface area contributed by atoms with Gasteiger partial charge in [-0.05, 0) is 48.2 Å². The summed E-state index contributed by atoms with van der Waals surface area (Å²) in [4.78, 5) is 0. The summed E-state index contributed by atoms with van der Waals surface area (Å²) in [6, 6.07) is 13.5. The van der Waals surface area contributed by atoms with E-state index >= 15 is 0 Å². The number of halogens is 2. The van der Waals surface area contributed by atoms with Gasteiger partial charge in [-0.2, -0.15) is 0 Å². The van der Waals surface area contributed by atoms with Crippen LogP contribution < -0.4 is 5.32 Å². The number of hydrogen-bond acceptors (Lipinski definition) is 1. The van der Waals surface area contributed by atoms with Gasteiger partial charge in [0, 0.05) is 0 Å². The highest BCUT2D eigenvalue weighted by molar-refractivity contribution is 6.30. The summed E-state index contributed by atoms with van der Waals surface area (Å²) in [5.41, 5.74) is 3.47. The molecule has 2 aromatic rings. The van der Waals surface area contributed by atoms with Gasteiger partial charge in [-0.3, -0.25) is 0 Å². The van der Waals surface area contributed by atoms with Crippen LogP contribution in [0.3, 0.4) is 0 Å². The van der Waals surface area contributed by atoms with Crippen LogP contribution in [0.5, 0.6) is 0 Å². The summed E-state index contributed by atoms with van der Waals surface area (Å²) in [5.74, 6) is -0.379. The highest BCUT2D eigenvalue weighted by Gasteiger charge is 2.14. The lowest BCUT2D eigenvalue weighted by Gasteiger charge is -2.20. The minimum atomic E-state index is -0.379. The highest BCUT2D eigenvalue weighted by Crippen LogP contribution is 2.26. The molecule has 0 aliphatic carbocycles. The topological polar surface area (TPSA) is 12.0 Å². The van der Waals surface area contributed by atoms with Crippen LogP contribution in [-0.4, -0.2) is 6.54 Å². The molecule has 0 aromatic heterocycles. The molecule has 2 rings (SSSR count). The van der Waals surface area contributed by atoms with Crippen molar-refractivity contribution in [3.8, 4) is 0 Å². The van der Waals surface area contributed by atoms with Gasteiger partial charge in [0.1, 0.15) is 5.82 Å². The number of hydrogen-bond donors (Lipinski definition) is 1. The molecule has 1 N–H and O–H groups in total. The van der Waals surface area contributed by atoms with Crippen molar-refractivity contribution in [1.29, 1.82) is 0 Å². The summed E-state index contributed by atoms with van der Waals surface area (Å²) in [7, 11) is 0. The lowest BCUT2D eigenvalue weighted by molar-refractivity contribution is 0.593. The Morgan fingerprint density at radius 2 is 1.71 bits per heavy atom. The Labute approximate surface area is 131 Å². The van der Waals surface area contributed by atoms with Crippen molar-refractivity contribution in [2.24, 2.45) is 0 Å². The first-order chi connectivity index (χ1) is 10.2. The van der Waals surface area contributed by atoms with Gasteiger partial charge >= 0.3 is 0 Å². The number of rotatable bonds is 6. The van der Waals surface area contributed by atoms with E-state index in [4.69, 9.17) is 11.6 Å². The molecule has 1 unspecified atom stereocenters. The maximum absolute atomic E-state index is 13.4. The standard InChI is InChI=1S/C18H21ClFN/c1-3-11-21-18(14-7-5-13(4-2)6-8-14)15-9-10-17(20)16(19)12-15/h5-10,12,18,21H,3-4,11H2,1-2H3. The average molecular weight is 306 g/mol. The van der Waals surface area contributed by atoms with E-state index in [-0.39, 0.29) is 16.9 Å². The smallest absolute Gasteiger partial charge is 0.141 e. The Kier molecular flexibility index (Phi) is 5.77. The van der Waals surface area contributed by atoms with E-state index in [0.717, 1.165) is 24.9 Å². The highest BCUT2D eigenvalue weighted by atomic mass is 35.5. The van der Waals surface area contributed by atoms with Gasteiger partial charge in [0.15, 0.2) is 0 Å². The van der Waals surface area contributed by atoms with Crippen molar-refractivity contribution in [1.82, 2.24) is 5.32 Å². The predicted molar refractivity (Wildman–Crippen MR) is 87.4 cm³/mol. The van der Waals surface area contributed by atoms with Gasteiger partial charge in [-0.15, -0.1) is 0 Å². The van der Waals surface area contributed by atoms with Crippen molar-refractivity contribution in [2.45, 2.75) is 32.7 Å². The van der Waals surface area contributed by atoms with Crippen molar-refractivity contribution in [2.75, 3.05) is 6.54 Å². The van der Waals surface area contributed by atoms with E-state index < -0.39 is 0 Å². The van der Waals surface area contributed by atoms with Gasteiger partial charge < -0.3 is 5.32 Å². The van der Waals surface area contributed by atoms with Crippen molar-refractivity contribution in [3.05, 3.63) is 70.0 Å². The Bertz CT molecular complexity index is 580. The normalized spacial score (nSPS) is 12.4. The van der Waals surface area contributed by atoms with E-state index in [1.54, 1.807) is 12.1 Å². The monoisotopic (exact) mass is 305 g/mol. The molecule has 0 saturated heterocycles. The maximum Gasteiger partial charge on any atom is 0.141 e. The fourth-order valence-electron chi connectivity index (χ4n) is 2.35. The molecule has 0 fully saturated rings. The van der Waals surface area contributed by atoms with Crippen LogP contribution in [0.4, 0.5) is 4.39 Å². The molecule has 0 spiro atoms. The predicted octanol–water partition coefficient (Wildman–Crippen LogP) is 5.13. The summed E-state index contributed by atoms with van der Waals surface area (Å²) in [5, 5.41) is 3.67. The third kappa shape index (κ3) is 4.05. The summed E-state index contributed by atoms with van der Waals surface area (Å²) >= 11 is 5.92. The minimum Gasteiger partial charge on any atom is -0.306 e. The molecule has 112 valence electrons. The molecule has 0 saturated carbocycles. The van der Waals surface area contributed by atoms with E-state index in [9.17, 15) is 4.39 Å². The summed E-state index contributed by atoms with van der Waals surface area (Å²) in [6.07, 6.45) is 2.06. The fraction of sp³-hybridized carbons (Fsp3) is 0.333. The quantitative estimate of drug-likeness (QED) is 0.780. The lowest BCUT2D eigenvalue weighted by Crippen LogP contribution is -2.23. The summed E-state index contributed by atoms with van der Waals surface area (Å²) < 4.78 is 13.4. The lowest BCUT2D eigenvalue weighted by atomic mass is 9.97. The molecule has 0 aliphatic rings. The third-order valence-corrected chi connectivity index (χ3v) is 3.89. The van der Waals surface area contributed by atoms with Gasteiger partial charge in [0.05, 0.1) is 11.1 Å². The molecule has 1 nitrogen and oxygen atoms in total. The molecular weight excluding hydrogens is 285 g/mol. The molecule has 0 amide bonds. The zero-order valence-electron chi connectivity index (χ0n) is 12.5. The SMILES string of the molecule is CCCNC(c1ccc(CC)cc1)c1ccc(F)c(Cl)c1. The van der Waals surface area contributed by atoms with Crippen LogP contribution in [0.2, 0.25) is 5.02 Å². The summed E-state index contributed by atoms with van der Waals surface area (Å²) in [6.45, 7) is 5.17. The second-order valence-corrected chi connectivity index (χ2v) is 5.56. The first-order valence-electron chi connectivity index (χ1n) is 7.42. The van der Waals surface area contributed by atoms with Gasteiger partial charge in [-0.25, -0.2) is 4.39 Å². The second-order valence-electron chi connectivity index (χ2n) is 5.16. The molecular formula is C18H21ClFN. The Hall–Kier alpha value is -1.38. The number of aryl methyl sites for hydroxylation is 1. The Morgan fingerprint density at radius 1 is 1.05 bits per heavy atom. The zero-order chi connectivity index (χ0) is 15.2. The third-order valence-electron chi connectivity index (χ3n) is 3.60. The number of nitrogens with one attached hydrogen (secondary N) is 1. The van der Waals surface area contributed by atoms with E-state index in [0.29, 0.717) is 0 Å². The van der Waals surface area contributed by atoms with E-state index in [1.165, 1.54) is 17.2 Å². The first-order valence-corrected chi connectivity index (χ1v) is 7.80. The second kappa shape index (κ2) is 7.58. The largest absolute Gasteiger partial charge is 0.306 e. The van der Waals surface area contributed by atoms with E-state index in [1.807, 2.05) is 0 Å². The van der Waals surface area contributed by atoms with Crippen molar-refractivity contribution in [3.63, 3.8) is 0 Å². The Balaban J connectivity index is 2.33. The van der Waals surface area contributed by atoms with Crippen LogP contribution in [0.25, 0.3) is 0 Å². The van der Waals surface area contributed by atoms with Crippen molar-refractivity contribution < 1.29 is 4.39 Å². The maximum atomic E-state index is 13.4. The van der Waals surface area contributed by atoms with Crippen LogP contribution in [0.15, 0.2) is 42.5 Å². The zero-order valence-corrected chi connectivity index (χ0v) is 13.3. The molecule has 0 bridgehead atoms. The molecule has 1 atom stereocenters. The molecule has 0 heterocycles. The van der Waals surface area contributed by atoms with Crippen LogP contribution in [0, 0.1) is 5.82 Å². The minimum absolute atomic E-state index is 0.0361. The van der Waals surface area contributed by atoms with Gasteiger partial charge in [-0.1, -0.05) is 55.8 Å². The molecule has 2 aromatic carbocycles. The number of benzene rings is 2. The van der Waals surface area contributed by atoms with Gasteiger partial charge in [0.25, 0.3) is 0 Å². The molecule has 0 radical (unpaired) electrons. The van der Waals surface area contributed by atoms with Crippen LogP contribution in [-0.2, 0) is 6.42 Å². The Morgan fingerprint density at radius 3 is 2.29 bits per heavy atom. The van der Waals surface area contributed by atoms with Crippen LogP contribution in [0.1, 0.15) is 43.0 Å². The van der Waals surface area contributed by atoms with Crippen LogP contribution >= 0.6 is 11.6 Å². The first kappa shape index (κ1) is 16.0. The molecule has 21 heavy (non-hydrogen) atoms. The van der Waals surface area contributed by atoms with Gasteiger partial charge in [0.2, 0.25) is 0 Å². The molecule has 0 aliphatic heterocycles. The van der Waals surface area contributed by atoms with E-state index in [2.05, 4.69) is 43.4 Å². The molecule has 3 heteroatoms. The fourth-order valence-corrected chi connectivity index (χ4v) is 2.54. The average Bonchev–Trinajstić information content (AvgIpc) is 2.51. The van der Waals surface area contributed by atoms with Crippen molar-refractivity contribution >= 4 is 11.6 Å².